The second-order valence-electron chi connectivity index (χ2n) is 4.74. The Morgan fingerprint density at radius 2 is 1.64 bits per heavy atom. The fourth-order valence-corrected chi connectivity index (χ4v) is 1.18. The van der Waals surface area contributed by atoms with E-state index in [2.05, 4.69) is 27.7 Å². The van der Waals surface area contributed by atoms with Crippen LogP contribution in [0.4, 0.5) is 0 Å². The Bertz CT molecular complexity index is 272. The average molecular weight is 195 g/mol. The van der Waals surface area contributed by atoms with Gasteiger partial charge in [0.1, 0.15) is 0 Å². The van der Waals surface area contributed by atoms with E-state index in [1.807, 2.05) is 0 Å². The summed E-state index contributed by atoms with van der Waals surface area (Å²) in [6.07, 6.45) is 2.66. The Morgan fingerprint density at radius 1 is 1.21 bits per heavy atom. The first-order chi connectivity index (χ1) is 6.34. The van der Waals surface area contributed by atoms with Crippen LogP contribution in [0.5, 0.6) is 0 Å². The van der Waals surface area contributed by atoms with E-state index in [4.69, 9.17) is 0 Å². The minimum Gasteiger partial charge on any atom is -0.275 e. The lowest BCUT2D eigenvalue weighted by atomic mass is 9.81. The molecule has 0 saturated heterocycles. The van der Waals surface area contributed by atoms with Gasteiger partial charge in [0.2, 0.25) is 0 Å². The summed E-state index contributed by atoms with van der Waals surface area (Å²) >= 11 is 0. The van der Waals surface area contributed by atoms with Crippen LogP contribution in [0.1, 0.15) is 27.7 Å². The molecule has 14 heavy (non-hydrogen) atoms. The molecule has 0 saturated carbocycles. The highest BCUT2D eigenvalue weighted by Gasteiger charge is 2.32. The Hall–Kier alpha value is -1.12. The van der Waals surface area contributed by atoms with Crippen LogP contribution in [0.15, 0.2) is 12.2 Å². The minimum atomic E-state index is -0.191. The van der Waals surface area contributed by atoms with Gasteiger partial charge in [-0.2, -0.15) is 0 Å². The molecule has 78 valence electrons. The summed E-state index contributed by atoms with van der Waals surface area (Å²) in [7, 11) is 0. The van der Waals surface area contributed by atoms with Gasteiger partial charge in [-0.15, -0.1) is 0 Å². The predicted octanol–water partition coefficient (Wildman–Crippen LogP) is 1.59. The zero-order valence-corrected chi connectivity index (χ0v) is 9.20. The van der Waals surface area contributed by atoms with Crippen molar-refractivity contribution in [1.82, 2.24) is 4.90 Å². The van der Waals surface area contributed by atoms with E-state index in [1.54, 1.807) is 0 Å². The Balaban J connectivity index is 2.70. The van der Waals surface area contributed by atoms with Gasteiger partial charge >= 0.3 is 0 Å². The van der Waals surface area contributed by atoms with E-state index >= 15 is 0 Å². The average Bonchev–Trinajstić information content (AvgIpc) is 2.35. The summed E-state index contributed by atoms with van der Waals surface area (Å²) in [5, 5.41) is 0. The molecule has 3 nitrogen and oxygen atoms in total. The van der Waals surface area contributed by atoms with Crippen LogP contribution in [0.2, 0.25) is 0 Å². The molecular weight excluding hydrogens is 178 g/mol. The zero-order chi connectivity index (χ0) is 10.9. The third-order valence-electron chi connectivity index (χ3n) is 3.03. The van der Waals surface area contributed by atoms with E-state index in [9.17, 15) is 9.59 Å². The van der Waals surface area contributed by atoms with Crippen LogP contribution >= 0.6 is 0 Å². The molecule has 0 aromatic heterocycles. The number of amides is 2. The van der Waals surface area contributed by atoms with Crippen molar-refractivity contribution in [2.75, 3.05) is 6.54 Å². The third kappa shape index (κ3) is 2.03. The molecule has 0 aliphatic carbocycles. The van der Waals surface area contributed by atoms with Crippen molar-refractivity contribution < 1.29 is 9.59 Å². The van der Waals surface area contributed by atoms with Gasteiger partial charge in [0, 0.05) is 18.7 Å². The lowest BCUT2D eigenvalue weighted by molar-refractivity contribution is -0.138. The van der Waals surface area contributed by atoms with Crippen LogP contribution in [0.25, 0.3) is 0 Å². The Labute approximate surface area is 84.8 Å². The molecule has 0 atom stereocenters. The second-order valence-corrected chi connectivity index (χ2v) is 4.74. The Kier molecular flexibility index (Phi) is 2.79. The zero-order valence-electron chi connectivity index (χ0n) is 9.20. The van der Waals surface area contributed by atoms with Gasteiger partial charge in [0.15, 0.2) is 0 Å². The summed E-state index contributed by atoms with van der Waals surface area (Å²) < 4.78 is 0. The molecule has 0 aromatic rings. The van der Waals surface area contributed by atoms with Crippen LogP contribution < -0.4 is 0 Å². The highest BCUT2D eigenvalue weighted by atomic mass is 16.2. The Morgan fingerprint density at radius 3 is 2.00 bits per heavy atom. The fourth-order valence-electron chi connectivity index (χ4n) is 1.18. The first-order valence-electron chi connectivity index (χ1n) is 4.88. The summed E-state index contributed by atoms with van der Waals surface area (Å²) in [5.74, 6) is 0.0520. The van der Waals surface area contributed by atoms with Crippen molar-refractivity contribution in [3.05, 3.63) is 12.2 Å². The van der Waals surface area contributed by atoms with E-state index in [0.29, 0.717) is 12.5 Å². The number of nitrogens with zero attached hydrogens (tertiary/aromatic N) is 1. The molecule has 0 spiro atoms. The highest BCUT2D eigenvalue weighted by Crippen LogP contribution is 2.28. The minimum absolute atomic E-state index is 0.0304. The lowest BCUT2D eigenvalue weighted by Gasteiger charge is -2.32. The van der Waals surface area contributed by atoms with Gasteiger partial charge in [0.05, 0.1) is 0 Å². The SMILES string of the molecule is CC(C)C(C)(C)CN1C(=O)C=CC1=O. The maximum atomic E-state index is 11.3. The van der Waals surface area contributed by atoms with Crippen LogP contribution in [-0.2, 0) is 9.59 Å². The van der Waals surface area contributed by atoms with Crippen LogP contribution in [0, 0.1) is 11.3 Å². The van der Waals surface area contributed by atoms with Crippen LogP contribution in [0.3, 0.4) is 0 Å². The molecule has 1 aliphatic rings. The lowest BCUT2D eigenvalue weighted by Crippen LogP contribution is -2.40. The standard InChI is InChI=1S/C11H17NO2/c1-8(2)11(3,4)7-12-9(13)5-6-10(12)14/h5-6,8H,7H2,1-4H3. The van der Waals surface area contributed by atoms with E-state index in [0.717, 1.165) is 0 Å². The number of hydrogen-bond donors (Lipinski definition) is 0. The number of hydrogen-bond acceptors (Lipinski definition) is 2. The quantitative estimate of drug-likeness (QED) is 0.641. The van der Waals surface area contributed by atoms with E-state index < -0.39 is 0 Å². The normalized spacial score (nSPS) is 17.4. The number of carbonyl (C=O) groups is 2. The molecule has 3 heteroatoms. The summed E-state index contributed by atoms with van der Waals surface area (Å²) in [4.78, 5) is 23.9. The molecule has 2 amide bonds. The van der Waals surface area contributed by atoms with Crippen molar-refractivity contribution in [3.8, 4) is 0 Å². The maximum Gasteiger partial charge on any atom is 0.253 e. The van der Waals surface area contributed by atoms with Gasteiger partial charge in [-0.1, -0.05) is 27.7 Å². The van der Waals surface area contributed by atoms with Gasteiger partial charge in [-0.25, -0.2) is 0 Å². The van der Waals surface area contributed by atoms with Crippen molar-refractivity contribution in [3.63, 3.8) is 0 Å². The van der Waals surface area contributed by atoms with Gasteiger partial charge in [-0.3, -0.25) is 14.5 Å². The van der Waals surface area contributed by atoms with Crippen molar-refractivity contribution in [1.29, 1.82) is 0 Å². The summed E-state index contributed by atoms with van der Waals surface area (Å²) in [6.45, 7) is 8.82. The number of rotatable bonds is 3. The van der Waals surface area contributed by atoms with Crippen molar-refractivity contribution >= 4 is 11.8 Å². The molecule has 1 rings (SSSR count). The van der Waals surface area contributed by atoms with Gasteiger partial charge in [-0.05, 0) is 11.3 Å². The van der Waals surface area contributed by atoms with Gasteiger partial charge < -0.3 is 0 Å². The molecule has 0 fully saturated rings. The molecule has 0 aromatic carbocycles. The summed E-state index contributed by atoms with van der Waals surface area (Å²) in [5.41, 5.74) is -0.0304. The van der Waals surface area contributed by atoms with E-state index in [1.165, 1.54) is 17.1 Å². The van der Waals surface area contributed by atoms with Crippen molar-refractivity contribution in [2.45, 2.75) is 27.7 Å². The first kappa shape index (κ1) is 11.0. The molecule has 0 radical (unpaired) electrons. The van der Waals surface area contributed by atoms with Gasteiger partial charge in [0.25, 0.3) is 11.8 Å². The maximum absolute atomic E-state index is 11.3. The molecule has 0 unspecified atom stereocenters. The first-order valence-corrected chi connectivity index (χ1v) is 4.88. The smallest absolute Gasteiger partial charge is 0.253 e. The number of imide groups is 1. The molecule has 1 aliphatic heterocycles. The van der Waals surface area contributed by atoms with Crippen LogP contribution in [-0.4, -0.2) is 23.3 Å². The third-order valence-corrected chi connectivity index (χ3v) is 3.03. The monoisotopic (exact) mass is 195 g/mol. The predicted molar refractivity (Wildman–Crippen MR) is 54.5 cm³/mol. The fraction of sp³-hybridized carbons (Fsp3) is 0.636. The van der Waals surface area contributed by atoms with E-state index in [-0.39, 0.29) is 17.2 Å². The topological polar surface area (TPSA) is 37.4 Å². The highest BCUT2D eigenvalue weighted by molar-refractivity contribution is 6.12. The molecular formula is C11H17NO2. The largest absolute Gasteiger partial charge is 0.275 e. The number of carbonyl (C=O) groups excluding carboxylic acids is 2. The molecule has 0 bridgehead atoms. The molecule has 0 N–H and O–H groups in total. The second kappa shape index (κ2) is 3.56. The summed E-state index contributed by atoms with van der Waals surface area (Å²) in [6, 6.07) is 0. The van der Waals surface area contributed by atoms with Crippen molar-refractivity contribution in [2.24, 2.45) is 11.3 Å². The molecule has 1 heterocycles.